The van der Waals surface area contributed by atoms with E-state index in [4.69, 9.17) is 15.6 Å². The topological polar surface area (TPSA) is 128 Å². The van der Waals surface area contributed by atoms with Crippen LogP contribution in [-0.2, 0) is 10.0 Å². The van der Waals surface area contributed by atoms with Gasteiger partial charge in [0.1, 0.15) is 11.0 Å². The molecule has 0 radical (unpaired) electrons. The molecule has 8 heteroatoms. The Morgan fingerprint density at radius 3 is 2.29 bits per heavy atom. The second-order valence-corrected chi connectivity index (χ2v) is 10.4. The number of rotatable bonds is 10. The molecule has 2 aromatic rings. The van der Waals surface area contributed by atoms with E-state index in [9.17, 15) is 13.5 Å². The van der Waals surface area contributed by atoms with E-state index in [1.165, 1.54) is 20.8 Å². The number of anilines is 1. The third-order valence-corrected chi connectivity index (χ3v) is 7.02. The first kappa shape index (κ1) is 25.1. The van der Waals surface area contributed by atoms with Crippen LogP contribution in [0.4, 0.5) is 5.69 Å². The molecule has 2 unspecified atom stereocenters. The summed E-state index contributed by atoms with van der Waals surface area (Å²) in [5.41, 5.74) is 5.09. The fraction of sp³-hybridized carbons (Fsp3) is 0.478. The number of hydrogen-bond donors (Lipinski definition) is 4. The molecule has 0 fully saturated rings. The lowest BCUT2D eigenvalue weighted by molar-refractivity contribution is 0.00333. The van der Waals surface area contributed by atoms with Crippen molar-refractivity contribution in [3.63, 3.8) is 0 Å². The highest BCUT2D eigenvalue weighted by Crippen LogP contribution is 2.42. The van der Waals surface area contributed by atoms with E-state index in [0.29, 0.717) is 29.3 Å². The lowest BCUT2D eigenvalue weighted by atomic mass is 9.79. The minimum atomic E-state index is -4.14. The Bertz CT molecular complexity index is 984. The van der Waals surface area contributed by atoms with E-state index >= 15 is 0 Å². The molecule has 0 heterocycles. The van der Waals surface area contributed by atoms with E-state index in [-0.39, 0.29) is 0 Å². The number of nitrogens with two attached hydrogens (primary N) is 2. The summed E-state index contributed by atoms with van der Waals surface area (Å²) < 4.78 is 31.4. The first-order valence-electron chi connectivity index (χ1n) is 10.4. The van der Waals surface area contributed by atoms with Crippen LogP contribution < -0.4 is 20.9 Å². The maximum Gasteiger partial charge on any atom is 0.218 e. The van der Waals surface area contributed by atoms with Gasteiger partial charge in [-0.3, -0.25) is 0 Å². The summed E-state index contributed by atoms with van der Waals surface area (Å²) in [6.45, 7) is 9.07. The molecule has 0 saturated heterocycles. The van der Waals surface area contributed by atoms with E-state index < -0.39 is 26.4 Å². The van der Waals surface area contributed by atoms with Gasteiger partial charge < -0.3 is 20.9 Å². The third-order valence-electron chi connectivity index (χ3n) is 5.60. The molecular formula is C23H35N3O4S. The van der Waals surface area contributed by atoms with Crippen molar-refractivity contribution in [2.45, 2.75) is 63.9 Å². The number of nitrogens with one attached hydrogen (secondary N) is 1. The van der Waals surface area contributed by atoms with Gasteiger partial charge in [0.2, 0.25) is 10.0 Å². The molecule has 6 N–H and O–H groups in total. The van der Waals surface area contributed by atoms with Crippen LogP contribution >= 0.6 is 0 Å². The Morgan fingerprint density at radius 2 is 1.77 bits per heavy atom. The maximum absolute atomic E-state index is 12.6. The van der Waals surface area contributed by atoms with E-state index in [0.717, 1.165) is 18.4 Å². The fourth-order valence-electron chi connectivity index (χ4n) is 3.42. The van der Waals surface area contributed by atoms with E-state index in [1.807, 2.05) is 37.3 Å². The molecule has 0 saturated carbocycles. The molecule has 2 aromatic carbocycles. The Hall–Kier alpha value is -2.13. The van der Waals surface area contributed by atoms with Gasteiger partial charge in [0.25, 0.3) is 0 Å². The van der Waals surface area contributed by atoms with Gasteiger partial charge in [0.15, 0.2) is 5.75 Å². The Kier molecular flexibility index (Phi) is 7.75. The smallest absolute Gasteiger partial charge is 0.218 e. The maximum atomic E-state index is 12.6. The summed E-state index contributed by atoms with van der Waals surface area (Å²) in [7, 11) is -4.14. The SMILES string of the molecule is CCCCNc1cc(C(C(C)(N)C(C)(C)O)S(N)(=O)=O)cc(C)c1Oc1ccccc1. The predicted octanol–water partition coefficient (Wildman–Crippen LogP) is 3.82. The number of sulfonamides is 1. The molecule has 2 rings (SSSR count). The Morgan fingerprint density at radius 1 is 1.16 bits per heavy atom. The fourth-order valence-corrected chi connectivity index (χ4v) is 4.91. The molecule has 172 valence electrons. The highest BCUT2D eigenvalue weighted by Gasteiger charge is 2.49. The standard InChI is InChI=1S/C23H35N3O4S/c1-6-7-13-26-19-15-17(21(31(25,28)29)23(5,24)22(3,4)27)14-16(2)20(19)30-18-11-9-8-10-12-18/h8-12,14-15,21,26-27H,6-7,13,24H2,1-5H3,(H2,25,28,29). The quantitative estimate of drug-likeness (QED) is 0.408. The highest BCUT2D eigenvalue weighted by molar-refractivity contribution is 7.89. The van der Waals surface area contributed by atoms with Crippen LogP contribution in [0.5, 0.6) is 11.5 Å². The Balaban J connectivity index is 2.64. The zero-order chi connectivity index (χ0) is 23.4. The average molecular weight is 450 g/mol. The van der Waals surface area contributed by atoms with Crippen LogP contribution in [0.15, 0.2) is 42.5 Å². The minimum absolute atomic E-state index is 0.395. The zero-order valence-corrected chi connectivity index (χ0v) is 19.8. The number of ether oxygens (including phenoxy) is 1. The van der Waals surface area contributed by atoms with Crippen molar-refractivity contribution in [2.24, 2.45) is 10.9 Å². The molecule has 31 heavy (non-hydrogen) atoms. The van der Waals surface area contributed by atoms with Crippen molar-refractivity contribution in [2.75, 3.05) is 11.9 Å². The predicted molar refractivity (Wildman–Crippen MR) is 126 cm³/mol. The molecule has 0 bridgehead atoms. The lowest BCUT2D eigenvalue weighted by Crippen LogP contribution is -2.61. The van der Waals surface area contributed by atoms with Crippen LogP contribution in [0.2, 0.25) is 0 Å². The Labute approximate surface area is 185 Å². The van der Waals surface area contributed by atoms with Gasteiger partial charge in [0.05, 0.1) is 16.8 Å². The first-order valence-corrected chi connectivity index (χ1v) is 12.0. The molecule has 0 aliphatic carbocycles. The zero-order valence-electron chi connectivity index (χ0n) is 19.0. The van der Waals surface area contributed by atoms with Crippen LogP contribution in [0, 0.1) is 6.92 Å². The lowest BCUT2D eigenvalue weighted by Gasteiger charge is -2.42. The largest absolute Gasteiger partial charge is 0.455 e. The van der Waals surface area contributed by atoms with Gasteiger partial charge in [-0.2, -0.15) is 0 Å². The molecule has 2 atom stereocenters. The summed E-state index contributed by atoms with van der Waals surface area (Å²) in [5.74, 6) is 1.27. The molecule has 0 aliphatic rings. The van der Waals surface area contributed by atoms with Gasteiger partial charge >= 0.3 is 0 Å². The third kappa shape index (κ3) is 5.98. The molecule has 0 spiro atoms. The van der Waals surface area contributed by atoms with Gasteiger partial charge in [-0.05, 0) is 63.4 Å². The number of primary sulfonamides is 1. The van der Waals surface area contributed by atoms with E-state index in [1.54, 1.807) is 12.1 Å². The molecule has 7 nitrogen and oxygen atoms in total. The highest BCUT2D eigenvalue weighted by atomic mass is 32.2. The van der Waals surface area contributed by atoms with Crippen molar-refractivity contribution >= 4 is 15.7 Å². The van der Waals surface area contributed by atoms with Crippen LogP contribution in [0.25, 0.3) is 0 Å². The number of aliphatic hydroxyl groups is 1. The second-order valence-electron chi connectivity index (χ2n) is 8.72. The number of hydrogen-bond acceptors (Lipinski definition) is 6. The summed E-state index contributed by atoms with van der Waals surface area (Å²) in [6, 6.07) is 12.8. The van der Waals surface area contributed by atoms with Crippen molar-refractivity contribution in [1.82, 2.24) is 0 Å². The number of para-hydroxylation sites is 1. The van der Waals surface area contributed by atoms with Crippen LogP contribution in [-0.4, -0.2) is 31.2 Å². The monoisotopic (exact) mass is 449 g/mol. The summed E-state index contributed by atoms with van der Waals surface area (Å²) in [5, 5.41) is 18.2. The summed E-state index contributed by atoms with van der Waals surface area (Å²) >= 11 is 0. The van der Waals surface area contributed by atoms with Crippen LogP contribution in [0.3, 0.4) is 0 Å². The van der Waals surface area contributed by atoms with Gasteiger partial charge in [-0.25, -0.2) is 13.6 Å². The van der Waals surface area contributed by atoms with Gasteiger partial charge in [0, 0.05) is 6.54 Å². The molecular weight excluding hydrogens is 414 g/mol. The van der Waals surface area contributed by atoms with Crippen molar-refractivity contribution < 1.29 is 18.3 Å². The van der Waals surface area contributed by atoms with Crippen molar-refractivity contribution in [3.8, 4) is 11.5 Å². The number of aryl methyl sites for hydroxylation is 1. The second kappa shape index (κ2) is 9.56. The molecule has 0 aromatic heterocycles. The minimum Gasteiger partial charge on any atom is -0.455 e. The number of benzene rings is 2. The summed E-state index contributed by atoms with van der Waals surface area (Å²) in [6.07, 6.45) is 1.94. The normalized spacial score (nSPS) is 15.2. The van der Waals surface area contributed by atoms with E-state index in [2.05, 4.69) is 12.2 Å². The van der Waals surface area contributed by atoms with Gasteiger partial charge in [-0.1, -0.05) is 37.6 Å². The average Bonchev–Trinajstić information content (AvgIpc) is 2.63. The first-order chi connectivity index (χ1) is 14.3. The van der Waals surface area contributed by atoms with Crippen LogP contribution in [0.1, 0.15) is 56.9 Å². The van der Waals surface area contributed by atoms with Crippen molar-refractivity contribution in [1.29, 1.82) is 0 Å². The van der Waals surface area contributed by atoms with Gasteiger partial charge in [-0.15, -0.1) is 0 Å². The number of unbranched alkanes of at least 4 members (excludes halogenated alkanes) is 1. The molecule has 0 aliphatic heterocycles. The van der Waals surface area contributed by atoms with Crippen molar-refractivity contribution in [3.05, 3.63) is 53.6 Å². The summed E-state index contributed by atoms with van der Waals surface area (Å²) in [4.78, 5) is 0. The molecule has 0 amide bonds.